The van der Waals surface area contributed by atoms with Gasteiger partial charge in [0.25, 0.3) is 0 Å². The maximum absolute atomic E-state index is 14.6. The van der Waals surface area contributed by atoms with E-state index in [1.54, 1.807) is 25.7 Å². The van der Waals surface area contributed by atoms with Crippen LogP contribution in [0.2, 0.25) is 0 Å². The molecule has 1 fully saturated rings. The highest BCUT2D eigenvalue weighted by molar-refractivity contribution is 5.92. The highest BCUT2D eigenvalue weighted by Gasteiger charge is 2.37. The van der Waals surface area contributed by atoms with Crippen molar-refractivity contribution in [2.24, 2.45) is 0 Å². The zero-order valence-corrected chi connectivity index (χ0v) is 26.5. The molecule has 0 radical (unpaired) electrons. The van der Waals surface area contributed by atoms with Crippen LogP contribution in [-0.4, -0.2) is 47.0 Å². The minimum atomic E-state index is -0.903. The number of nitrogens with one attached hydrogen (secondary N) is 2. The number of hydrogen-bond donors (Lipinski definition) is 2. The third-order valence-electron chi connectivity index (χ3n) is 7.63. The van der Waals surface area contributed by atoms with Crippen LogP contribution in [-0.2, 0) is 20.7 Å². The molecular formula is C35H51N3O4. The number of rotatable bonds is 12. The normalized spacial score (nSPS) is 15.4. The van der Waals surface area contributed by atoms with Crippen molar-refractivity contribution in [1.82, 2.24) is 15.5 Å². The van der Waals surface area contributed by atoms with Gasteiger partial charge < -0.3 is 20.3 Å². The topological polar surface area (TPSA) is 87.7 Å². The average Bonchev–Trinajstić information content (AvgIpc) is 2.91. The second-order valence-electron chi connectivity index (χ2n) is 12.8. The molecule has 0 heterocycles. The molecule has 3 amide bonds. The van der Waals surface area contributed by atoms with Crippen molar-refractivity contribution >= 4 is 17.9 Å². The monoisotopic (exact) mass is 577 g/mol. The summed E-state index contributed by atoms with van der Waals surface area (Å²) in [6.45, 7) is 11.9. The van der Waals surface area contributed by atoms with Gasteiger partial charge in [0.15, 0.2) is 0 Å². The second-order valence-corrected chi connectivity index (χ2v) is 12.8. The smallest absolute Gasteiger partial charge is 0.408 e. The predicted molar refractivity (Wildman–Crippen MR) is 168 cm³/mol. The van der Waals surface area contributed by atoms with Gasteiger partial charge in [-0.05, 0) is 65.0 Å². The molecular weight excluding hydrogens is 526 g/mol. The van der Waals surface area contributed by atoms with E-state index in [1.165, 1.54) is 6.42 Å². The van der Waals surface area contributed by atoms with Crippen LogP contribution in [0.3, 0.4) is 0 Å². The van der Waals surface area contributed by atoms with E-state index < -0.39 is 23.8 Å². The van der Waals surface area contributed by atoms with E-state index in [9.17, 15) is 14.4 Å². The van der Waals surface area contributed by atoms with Crippen molar-refractivity contribution in [2.75, 3.05) is 6.54 Å². The molecule has 0 saturated heterocycles. The summed E-state index contributed by atoms with van der Waals surface area (Å²) in [7, 11) is 0. The quantitative estimate of drug-likeness (QED) is 0.267. The van der Waals surface area contributed by atoms with E-state index in [4.69, 9.17) is 4.74 Å². The van der Waals surface area contributed by atoms with Crippen LogP contribution in [0.15, 0.2) is 48.5 Å². The number of hydrogen-bond acceptors (Lipinski definition) is 4. The summed E-state index contributed by atoms with van der Waals surface area (Å²) in [4.78, 5) is 43.5. The average molecular weight is 578 g/mol. The molecule has 0 aromatic heterocycles. The van der Waals surface area contributed by atoms with Gasteiger partial charge >= 0.3 is 6.09 Å². The van der Waals surface area contributed by atoms with Crippen molar-refractivity contribution in [3.8, 4) is 0 Å². The van der Waals surface area contributed by atoms with Gasteiger partial charge in [-0.25, -0.2) is 4.79 Å². The van der Waals surface area contributed by atoms with E-state index in [0.717, 1.165) is 67.2 Å². The van der Waals surface area contributed by atoms with Crippen LogP contribution < -0.4 is 10.6 Å². The van der Waals surface area contributed by atoms with Crippen LogP contribution in [0.25, 0.3) is 0 Å². The van der Waals surface area contributed by atoms with Gasteiger partial charge in [-0.2, -0.15) is 0 Å². The van der Waals surface area contributed by atoms with Crippen molar-refractivity contribution in [1.29, 1.82) is 0 Å². The second kappa shape index (κ2) is 15.8. The van der Waals surface area contributed by atoms with Crippen LogP contribution in [0.5, 0.6) is 0 Å². The van der Waals surface area contributed by atoms with Crippen molar-refractivity contribution in [2.45, 2.75) is 123 Å². The predicted octanol–water partition coefficient (Wildman–Crippen LogP) is 6.95. The number of carbonyl (C=O) groups is 3. The Balaban J connectivity index is 2.04. The van der Waals surface area contributed by atoms with E-state index in [0.29, 0.717) is 6.54 Å². The third-order valence-corrected chi connectivity index (χ3v) is 7.63. The third kappa shape index (κ3) is 10.5. The Morgan fingerprint density at radius 1 is 0.952 bits per heavy atom. The Labute approximate surface area is 252 Å². The zero-order chi connectivity index (χ0) is 30.7. The van der Waals surface area contributed by atoms with Crippen molar-refractivity contribution < 1.29 is 19.1 Å². The number of ether oxygens (including phenoxy) is 1. The fraction of sp³-hybridized carbons (Fsp3) is 0.571. The fourth-order valence-electron chi connectivity index (χ4n) is 5.77. The van der Waals surface area contributed by atoms with Gasteiger partial charge in [-0.3, -0.25) is 9.59 Å². The van der Waals surface area contributed by atoms with Crippen LogP contribution >= 0.6 is 0 Å². The Kier molecular flexibility index (Phi) is 12.4. The molecule has 1 saturated carbocycles. The lowest BCUT2D eigenvalue weighted by atomic mass is 9.93. The van der Waals surface area contributed by atoms with E-state index >= 15 is 0 Å². The molecule has 3 rings (SSSR count). The van der Waals surface area contributed by atoms with Gasteiger partial charge in [-0.1, -0.05) is 98.7 Å². The van der Waals surface area contributed by atoms with E-state index in [-0.39, 0.29) is 24.3 Å². The summed E-state index contributed by atoms with van der Waals surface area (Å²) in [5.41, 5.74) is 3.06. The molecule has 2 N–H and O–H groups in total. The molecule has 0 spiro atoms. The summed E-state index contributed by atoms with van der Waals surface area (Å²) in [5.74, 6) is -0.448. The number of carbonyl (C=O) groups excluding carboxylic acids is 3. The molecule has 7 heteroatoms. The molecule has 42 heavy (non-hydrogen) atoms. The first kappa shape index (κ1) is 33.2. The number of aryl methyl sites for hydroxylation is 2. The summed E-state index contributed by atoms with van der Waals surface area (Å²) < 4.78 is 5.56. The van der Waals surface area contributed by atoms with Crippen molar-refractivity contribution in [3.63, 3.8) is 0 Å². The Hall–Kier alpha value is -3.35. The molecule has 2 aromatic rings. The van der Waals surface area contributed by atoms with Gasteiger partial charge in [0.05, 0.1) is 0 Å². The van der Waals surface area contributed by atoms with Crippen LogP contribution in [0.4, 0.5) is 4.79 Å². The minimum absolute atomic E-state index is 0.104. The molecule has 2 atom stereocenters. The van der Waals surface area contributed by atoms with E-state index in [2.05, 4.69) is 23.6 Å². The van der Waals surface area contributed by atoms with Gasteiger partial charge in [0, 0.05) is 19.0 Å². The standard InChI is InChI=1S/C35H51N3O4/c1-7-8-15-20-38(33(40)30(24-27-16-11-9-12-17-27)37-34(41)42-35(4,5)6)31(28-22-25(2)21-26(3)23-28)32(39)36-29-18-13-10-14-19-29/h9,11-12,16-17,21-23,29-31H,7-8,10,13-15,18-20,24H2,1-6H3,(H,36,39)(H,37,41). The highest BCUT2D eigenvalue weighted by Crippen LogP contribution is 2.27. The summed E-state index contributed by atoms with van der Waals surface area (Å²) in [6.07, 6.45) is 7.57. The summed E-state index contributed by atoms with van der Waals surface area (Å²) in [6, 6.07) is 14.1. The number of benzene rings is 2. The van der Waals surface area contributed by atoms with Gasteiger partial charge in [-0.15, -0.1) is 0 Å². The summed E-state index contributed by atoms with van der Waals surface area (Å²) >= 11 is 0. The van der Waals surface area contributed by atoms with Crippen LogP contribution in [0, 0.1) is 13.8 Å². The summed E-state index contributed by atoms with van der Waals surface area (Å²) in [5, 5.41) is 6.16. The Bertz CT molecular complexity index is 1150. The minimum Gasteiger partial charge on any atom is -0.444 e. The van der Waals surface area contributed by atoms with Gasteiger partial charge in [0.1, 0.15) is 17.7 Å². The lowest BCUT2D eigenvalue weighted by Crippen LogP contribution is -2.54. The maximum Gasteiger partial charge on any atom is 0.408 e. The zero-order valence-electron chi connectivity index (χ0n) is 26.5. The maximum atomic E-state index is 14.6. The fourth-order valence-corrected chi connectivity index (χ4v) is 5.77. The molecule has 0 bridgehead atoms. The van der Waals surface area contributed by atoms with Gasteiger partial charge in [0.2, 0.25) is 11.8 Å². The first-order valence-electron chi connectivity index (χ1n) is 15.7. The molecule has 1 aliphatic rings. The number of alkyl carbamates (subject to hydrolysis) is 1. The SMILES string of the molecule is CCCCCN(C(=O)C(Cc1ccccc1)NC(=O)OC(C)(C)C)C(C(=O)NC1CCCCC1)c1cc(C)cc(C)c1. The lowest BCUT2D eigenvalue weighted by Gasteiger charge is -2.36. The first-order chi connectivity index (χ1) is 20.0. The van der Waals surface area contributed by atoms with E-state index in [1.807, 2.05) is 56.3 Å². The Morgan fingerprint density at radius 3 is 2.19 bits per heavy atom. The first-order valence-corrected chi connectivity index (χ1v) is 15.7. The molecule has 1 aliphatic carbocycles. The molecule has 230 valence electrons. The largest absolute Gasteiger partial charge is 0.444 e. The highest BCUT2D eigenvalue weighted by atomic mass is 16.6. The lowest BCUT2D eigenvalue weighted by molar-refractivity contribution is -0.143. The molecule has 2 unspecified atom stereocenters. The van der Waals surface area contributed by atoms with Crippen LogP contribution in [0.1, 0.15) is 107 Å². The number of amides is 3. The molecule has 2 aromatic carbocycles. The molecule has 7 nitrogen and oxygen atoms in total. The number of nitrogens with zero attached hydrogens (tertiary/aromatic N) is 1. The van der Waals surface area contributed by atoms with Crippen molar-refractivity contribution in [3.05, 3.63) is 70.8 Å². The molecule has 0 aliphatic heterocycles. The number of unbranched alkanes of at least 4 members (excludes halogenated alkanes) is 2. The Morgan fingerprint density at radius 2 is 1.60 bits per heavy atom.